The van der Waals surface area contributed by atoms with E-state index < -0.39 is 0 Å². The maximum absolute atomic E-state index is 5.29. The molecule has 0 saturated carbocycles. The van der Waals surface area contributed by atoms with Gasteiger partial charge in [0, 0.05) is 24.8 Å². The number of anilines is 2. The first kappa shape index (κ1) is 11.7. The van der Waals surface area contributed by atoms with Gasteiger partial charge in [-0.2, -0.15) is 4.98 Å². The van der Waals surface area contributed by atoms with Gasteiger partial charge in [0.2, 0.25) is 5.95 Å². The minimum absolute atomic E-state index is 0.463. The lowest BCUT2D eigenvalue weighted by Crippen LogP contribution is -2.26. The minimum Gasteiger partial charge on any atom is -0.357 e. The highest BCUT2D eigenvalue weighted by Gasteiger charge is 2.09. The molecule has 0 atom stereocenters. The summed E-state index contributed by atoms with van der Waals surface area (Å²) in [6, 6.07) is 0. The van der Waals surface area contributed by atoms with Crippen molar-refractivity contribution >= 4 is 11.8 Å². The van der Waals surface area contributed by atoms with Crippen LogP contribution in [0.15, 0.2) is 6.20 Å². The molecule has 0 aliphatic rings. The van der Waals surface area contributed by atoms with E-state index >= 15 is 0 Å². The molecule has 1 aromatic heterocycles. The molecule has 0 fully saturated rings. The van der Waals surface area contributed by atoms with Gasteiger partial charge in [-0.3, -0.25) is 5.43 Å². The molecule has 0 aliphatic heterocycles. The van der Waals surface area contributed by atoms with E-state index in [0.717, 1.165) is 30.9 Å². The standard InChI is InChI=1S/C10H19N5/c1-4-6-15(5-2)9-8(3)7-12-10(13-9)14-11/h7H,4-6,11H2,1-3H3,(H,12,13,14). The SMILES string of the molecule is CCCN(CC)c1nc(NN)ncc1C. The lowest BCUT2D eigenvalue weighted by molar-refractivity contribution is 0.772. The van der Waals surface area contributed by atoms with Crippen LogP contribution in [0, 0.1) is 6.92 Å². The molecular weight excluding hydrogens is 190 g/mol. The third-order valence-corrected chi connectivity index (χ3v) is 2.25. The fraction of sp³-hybridized carbons (Fsp3) is 0.600. The molecule has 1 aromatic rings. The second-order valence-corrected chi connectivity index (χ2v) is 3.42. The zero-order valence-electron chi connectivity index (χ0n) is 9.62. The van der Waals surface area contributed by atoms with Crippen molar-refractivity contribution in [3.8, 4) is 0 Å². The Bertz CT molecular complexity index is 313. The van der Waals surface area contributed by atoms with Crippen LogP contribution in [0.3, 0.4) is 0 Å². The van der Waals surface area contributed by atoms with Gasteiger partial charge in [-0.1, -0.05) is 6.92 Å². The number of nitrogens with zero attached hydrogens (tertiary/aromatic N) is 3. The lowest BCUT2D eigenvalue weighted by Gasteiger charge is -2.23. The predicted octanol–water partition coefficient (Wildman–Crippen LogP) is 1.31. The zero-order chi connectivity index (χ0) is 11.3. The second-order valence-electron chi connectivity index (χ2n) is 3.42. The van der Waals surface area contributed by atoms with Gasteiger partial charge in [0.25, 0.3) is 0 Å². The van der Waals surface area contributed by atoms with E-state index in [1.54, 1.807) is 6.20 Å². The Morgan fingerprint density at radius 2 is 2.20 bits per heavy atom. The van der Waals surface area contributed by atoms with Crippen molar-refractivity contribution in [2.24, 2.45) is 5.84 Å². The highest BCUT2D eigenvalue weighted by molar-refractivity contribution is 5.48. The number of aromatic nitrogens is 2. The summed E-state index contributed by atoms with van der Waals surface area (Å²) >= 11 is 0. The topological polar surface area (TPSA) is 67.1 Å². The number of hydrogen-bond acceptors (Lipinski definition) is 5. The highest BCUT2D eigenvalue weighted by atomic mass is 15.3. The van der Waals surface area contributed by atoms with Crippen LogP contribution in [0.25, 0.3) is 0 Å². The third-order valence-electron chi connectivity index (χ3n) is 2.25. The molecule has 0 unspecified atom stereocenters. The van der Waals surface area contributed by atoms with Crippen LogP contribution in [-0.2, 0) is 0 Å². The van der Waals surface area contributed by atoms with E-state index in [2.05, 4.69) is 34.1 Å². The van der Waals surface area contributed by atoms with Crippen LogP contribution >= 0.6 is 0 Å². The molecule has 0 radical (unpaired) electrons. The first-order valence-corrected chi connectivity index (χ1v) is 5.28. The molecule has 3 N–H and O–H groups in total. The second kappa shape index (κ2) is 5.50. The summed E-state index contributed by atoms with van der Waals surface area (Å²) < 4.78 is 0. The molecule has 0 aromatic carbocycles. The fourth-order valence-corrected chi connectivity index (χ4v) is 1.51. The monoisotopic (exact) mass is 209 g/mol. The minimum atomic E-state index is 0.463. The summed E-state index contributed by atoms with van der Waals surface area (Å²) in [7, 11) is 0. The van der Waals surface area contributed by atoms with Crippen LogP contribution < -0.4 is 16.2 Å². The number of nitrogens with one attached hydrogen (secondary N) is 1. The van der Waals surface area contributed by atoms with Gasteiger partial charge in [0.15, 0.2) is 0 Å². The van der Waals surface area contributed by atoms with Crippen molar-refractivity contribution in [3.05, 3.63) is 11.8 Å². The number of rotatable bonds is 5. The largest absolute Gasteiger partial charge is 0.357 e. The van der Waals surface area contributed by atoms with Crippen molar-refractivity contribution in [2.75, 3.05) is 23.4 Å². The Kier molecular flexibility index (Phi) is 4.30. The molecule has 0 aliphatic carbocycles. The van der Waals surface area contributed by atoms with Crippen LogP contribution in [0.4, 0.5) is 11.8 Å². The summed E-state index contributed by atoms with van der Waals surface area (Å²) in [5, 5.41) is 0. The maximum Gasteiger partial charge on any atom is 0.239 e. The van der Waals surface area contributed by atoms with E-state index in [4.69, 9.17) is 5.84 Å². The first-order valence-electron chi connectivity index (χ1n) is 5.28. The zero-order valence-corrected chi connectivity index (χ0v) is 9.62. The van der Waals surface area contributed by atoms with Crippen molar-refractivity contribution in [2.45, 2.75) is 27.2 Å². The number of nitrogens with two attached hydrogens (primary N) is 1. The molecule has 1 rings (SSSR count). The maximum atomic E-state index is 5.29. The van der Waals surface area contributed by atoms with Crippen molar-refractivity contribution < 1.29 is 0 Å². The Morgan fingerprint density at radius 1 is 1.47 bits per heavy atom. The summed E-state index contributed by atoms with van der Waals surface area (Å²) in [5.41, 5.74) is 3.54. The fourth-order valence-electron chi connectivity index (χ4n) is 1.51. The van der Waals surface area contributed by atoms with Gasteiger partial charge < -0.3 is 4.90 Å². The van der Waals surface area contributed by atoms with Gasteiger partial charge in [-0.25, -0.2) is 10.8 Å². The first-order chi connectivity index (χ1) is 7.22. The molecule has 84 valence electrons. The molecule has 0 spiro atoms. The van der Waals surface area contributed by atoms with Gasteiger partial charge >= 0.3 is 0 Å². The summed E-state index contributed by atoms with van der Waals surface area (Å²) in [5.74, 6) is 6.71. The van der Waals surface area contributed by atoms with Crippen molar-refractivity contribution in [3.63, 3.8) is 0 Å². The summed E-state index contributed by atoms with van der Waals surface area (Å²) in [6.45, 7) is 8.22. The van der Waals surface area contributed by atoms with Crippen molar-refractivity contribution in [1.82, 2.24) is 9.97 Å². The molecule has 0 saturated heterocycles. The number of hydrazine groups is 1. The molecule has 5 heteroatoms. The Labute approximate surface area is 90.7 Å². The normalized spacial score (nSPS) is 10.1. The van der Waals surface area contributed by atoms with E-state index in [9.17, 15) is 0 Å². The Hall–Kier alpha value is -1.36. The predicted molar refractivity (Wildman–Crippen MR) is 62.8 cm³/mol. The summed E-state index contributed by atoms with van der Waals surface area (Å²) in [4.78, 5) is 10.6. The number of nitrogen functional groups attached to an aromatic ring is 1. The van der Waals surface area contributed by atoms with E-state index in [0.29, 0.717) is 5.95 Å². The van der Waals surface area contributed by atoms with Crippen LogP contribution in [0.5, 0.6) is 0 Å². The molecule has 1 heterocycles. The van der Waals surface area contributed by atoms with Crippen LogP contribution in [0.2, 0.25) is 0 Å². The average molecular weight is 209 g/mol. The number of aryl methyl sites for hydroxylation is 1. The van der Waals surface area contributed by atoms with Crippen LogP contribution in [0.1, 0.15) is 25.8 Å². The van der Waals surface area contributed by atoms with Gasteiger partial charge in [0.05, 0.1) is 0 Å². The quantitative estimate of drug-likeness (QED) is 0.565. The van der Waals surface area contributed by atoms with Gasteiger partial charge in [-0.15, -0.1) is 0 Å². The van der Waals surface area contributed by atoms with Gasteiger partial charge in [-0.05, 0) is 20.3 Å². The summed E-state index contributed by atoms with van der Waals surface area (Å²) in [6.07, 6.45) is 2.89. The highest BCUT2D eigenvalue weighted by Crippen LogP contribution is 2.17. The molecule has 0 amide bonds. The molecule has 0 bridgehead atoms. The van der Waals surface area contributed by atoms with Gasteiger partial charge in [0.1, 0.15) is 5.82 Å². The average Bonchev–Trinajstić information content (AvgIpc) is 2.27. The van der Waals surface area contributed by atoms with Crippen molar-refractivity contribution in [1.29, 1.82) is 0 Å². The van der Waals surface area contributed by atoms with E-state index in [-0.39, 0.29) is 0 Å². The smallest absolute Gasteiger partial charge is 0.239 e. The van der Waals surface area contributed by atoms with Crippen LogP contribution in [-0.4, -0.2) is 23.1 Å². The number of hydrogen-bond donors (Lipinski definition) is 2. The molecule has 15 heavy (non-hydrogen) atoms. The third kappa shape index (κ3) is 2.79. The Morgan fingerprint density at radius 3 is 2.73 bits per heavy atom. The molecular formula is C10H19N5. The van der Waals surface area contributed by atoms with E-state index in [1.165, 1.54) is 0 Å². The molecule has 5 nitrogen and oxygen atoms in total. The van der Waals surface area contributed by atoms with E-state index in [1.807, 2.05) is 6.92 Å². The Balaban J connectivity index is 2.98. The lowest BCUT2D eigenvalue weighted by atomic mass is 10.3.